The zero-order valence-corrected chi connectivity index (χ0v) is 15.2. The third-order valence-corrected chi connectivity index (χ3v) is 4.03. The van der Waals surface area contributed by atoms with Crippen LogP contribution in [0.4, 0.5) is 11.9 Å². The van der Waals surface area contributed by atoms with Crippen molar-refractivity contribution in [2.45, 2.75) is 26.4 Å². The molecule has 0 atom stereocenters. The third kappa shape index (κ3) is 3.71. The van der Waals surface area contributed by atoms with Crippen molar-refractivity contribution in [3.63, 3.8) is 0 Å². The molecule has 0 amide bonds. The molecule has 0 radical (unpaired) electrons. The molecule has 0 aliphatic carbocycles. The number of hydrogen-bond donors (Lipinski definition) is 1. The fourth-order valence-corrected chi connectivity index (χ4v) is 2.87. The van der Waals surface area contributed by atoms with Gasteiger partial charge in [-0.05, 0) is 13.1 Å². The number of furan rings is 1. The molecule has 1 aromatic carbocycles. The molecule has 25 heavy (non-hydrogen) atoms. The number of rotatable bonds is 6. The van der Waals surface area contributed by atoms with E-state index in [0.717, 1.165) is 29.7 Å². The Balaban J connectivity index is 1.83. The number of nitrogen functional groups attached to an aromatic ring is 1. The fraction of sp³-hybridized carbons (Fsp3) is 0.389. The topological polar surface area (TPSA) is 84.3 Å². The summed E-state index contributed by atoms with van der Waals surface area (Å²) in [4.78, 5) is 16.8. The number of fused-ring (bicyclic) bond motifs is 1. The van der Waals surface area contributed by atoms with Crippen LogP contribution < -0.4 is 10.6 Å². The van der Waals surface area contributed by atoms with E-state index in [0.29, 0.717) is 18.3 Å². The Morgan fingerprint density at radius 3 is 2.52 bits per heavy atom. The van der Waals surface area contributed by atoms with Crippen molar-refractivity contribution < 1.29 is 4.42 Å². The van der Waals surface area contributed by atoms with E-state index in [4.69, 9.17) is 10.2 Å². The van der Waals surface area contributed by atoms with Gasteiger partial charge >= 0.3 is 0 Å². The van der Waals surface area contributed by atoms with Crippen molar-refractivity contribution in [2.24, 2.45) is 0 Å². The van der Waals surface area contributed by atoms with Crippen molar-refractivity contribution in [3.05, 3.63) is 41.4 Å². The highest BCUT2D eigenvalue weighted by Crippen LogP contribution is 2.27. The predicted octanol–water partition coefficient (Wildman–Crippen LogP) is 2.46. The molecule has 2 aromatic heterocycles. The number of aryl methyl sites for hydroxylation is 1. The molecule has 132 valence electrons. The molecule has 0 unspecified atom stereocenters. The van der Waals surface area contributed by atoms with Gasteiger partial charge in [0, 0.05) is 38.0 Å². The van der Waals surface area contributed by atoms with Gasteiger partial charge in [-0.2, -0.15) is 15.0 Å². The molecular weight excluding hydrogens is 316 g/mol. The summed E-state index contributed by atoms with van der Waals surface area (Å²) in [5.74, 6) is 2.49. The van der Waals surface area contributed by atoms with Crippen molar-refractivity contribution in [1.29, 1.82) is 0 Å². The Hall–Kier alpha value is -2.67. The van der Waals surface area contributed by atoms with Crippen molar-refractivity contribution in [2.75, 3.05) is 31.8 Å². The van der Waals surface area contributed by atoms with E-state index in [1.54, 1.807) is 0 Å². The van der Waals surface area contributed by atoms with E-state index < -0.39 is 0 Å². The van der Waals surface area contributed by atoms with Crippen LogP contribution in [0.5, 0.6) is 0 Å². The average Bonchev–Trinajstić information content (AvgIpc) is 2.92. The number of hydrogen-bond acceptors (Lipinski definition) is 7. The molecule has 3 rings (SSSR count). The maximum Gasteiger partial charge on any atom is 0.229 e. The Labute approximate surface area is 147 Å². The molecule has 3 aromatic rings. The molecule has 0 aliphatic rings. The second-order valence-corrected chi connectivity index (χ2v) is 6.33. The Morgan fingerprint density at radius 2 is 1.80 bits per heavy atom. The second-order valence-electron chi connectivity index (χ2n) is 6.33. The molecule has 0 spiro atoms. The van der Waals surface area contributed by atoms with Crippen LogP contribution in [0.25, 0.3) is 11.0 Å². The lowest BCUT2D eigenvalue weighted by atomic mass is 10.1. The molecular formula is C18H24N6O. The molecule has 7 heteroatoms. The van der Waals surface area contributed by atoms with Crippen LogP contribution in [0.15, 0.2) is 28.7 Å². The molecule has 2 heterocycles. The lowest BCUT2D eigenvalue weighted by Crippen LogP contribution is -2.22. The van der Waals surface area contributed by atoms with E-state index in [-0.39, 0.29) is 5.95 Å². The second kappa shape index (κ2) is 7.06. The van der Waals surface area contributed by atoms with Gasteiger partial charge in [-0.15, -0.1) is 0 Å². The van der Waals surface area contributed by atoms with Crippen LogP contribution in [0.3, 0.4) is 0 Å². The quantitative estimate of drug-likeness (QED) is 0.738. The lowest BCUT2D eigenvalue weighted by Gasteiger charge is -2.17. The van der Waals surface area contributed by atoms with Gasteiger partial charge in [0.1, 0.15) is 17.2 Å². The number of anilines is 2. The van der Waals surface area contributed by atoms with Crippen molar-refractivity contribution in [3.8, 4) is 0 Å². The first-order chi connectivity index (χ1) is 12.0. The SMILES string of the molecule is CCc1oc2ccccc2c1CN(C)Cc1nc(N)nc(N(C)C)n1. The zero-order chi connectivity index (χ0) is 18.0. The first kappa shape index (κ1) is 17.2. The summed E-state index contributed by atoms with van der Waals surface area (Å²) in [7, 11) is 5.80. The van der Waals surface area contributed by atoms with Crippen LogP contribution >= 0.6 is 0 Å². The highest BCUT2D eigenvalue weighted by atomic mass is 16.3. The normalized spacial score (nSPS) is 11.4. The summed E-state index contributed by atoms with van der Waals surface area (Å²) >= 11 is 0. The molecule has 7 nitrogen and oxygen atoms in total. The van der Waals surface area contributed by atoms with Crippen molar-refractivity contribution >= 4 is 22.9 Å². The molecule has 2 N–H and O–H groups in total. The first-order valence-electron chi connectivity index (χ1n) is 8.33. The van der Waals surface area contributed by atoms with Gasteiger partial charge < -0.3 is 15.1 Å². The lowest BCUT2D eigenvalue weighted by molar-refractivity contribution is 0.308. The summed E-state index contributed by atoms with van der Waals surface area (Å²) in [5, 5.41) is 1.16. The summed E-state index contributed by atoms with van der Waals surface area (Å²) in [6.07, 6.45) is 0.862. The number of nitrogens with zero attached hydrogens (tertiary/aromatic N) is 5. The molecule has 0 bridgehead atoms. The van der Waals surface area contributed by atoms with Crippen molar-refractivity contribution in [1.82, 2.24) is 19.9 Å². The van der Waals surface area contributed by atoms with Gasteiger partial charge in [-0.1, -0.05) is 25.1 Å². The third-order valence-electron chi connectivity index (χ3n) is 4.03. The monoisotopic (exact) mass is 340 g/mol. The minimum atomic E-state index is 0.241. The van der Waals surface area contributed by atoms with Crippen LogP contribution in [0.2, 0.25) is 0 Å². The Kier molecular flexibility index (Phi) is 4.85. The highest BCUT2D eigenvalue weighted by Gasteiger charge is 2.15. The largest absolute Gasteiger partial charge is 0.461 e. The zero-order valence-electron chi connectivity index (χ0n) is 15.2. The van der Waals surface area contributed by atoms with Gasteiger partial charge in [0.2, 0.25) is 11.9 Å². The Bertz CT molecular complexity index is 873. The number of nitrogens with two attached hydrogens (primary N) is 1. The summed E-state index contributed by atoms with van der Waals surface area (Å²) in [6, 6.07) is 8.15. The number of para-hydroxylation sites is 1. The molecule has 0 fully saturated rings. The minimum absolute atomic E-state index is 0.241. The standard InChI is InChI=1S/C18H24N6O/c1-5-14-13(12-8-6-7-9-15(12)25-14)10-24(4)11-16-20-17(19)22-18(21-16)23(2)3/h6-9H,5,10-11H2,1-4H3,(H2,19,20,21,22). The number of benzene rings is 1. The number of aromatic nitrogens is 3. The van der Waals surface area contributed by atoms with Crippen LogP contribution in [0, 0.1) is 0 Å². The van der Waals surface area contributed by atoms with Gasteiger partial charge in [-0.3, -0.25) is 4.90 Å². The van der Waals surface area contributed by atoms with Crippen LogP contribution in [0.1, 0.15) is 24.1 Å². The van der Waals surface area contributed by atoms with Crippen LogP contribution in [-0.4, -0.2) is 41.0 Å². The van der Waals surface area contributed by atoms with E-state index in [1.165, 1.54) is 5.56 Å². The maximum atomic E-state index is 5.97. The summed E-state index contributed by atoms with van der Waals surface area (Å²) in [6.45, 7) is 3.44. The molecule has 0 saturated heterocycles. The highest BCUT2D eigenvalue weighted by molar-refractivity contribution is 5.82. The van der Waals surface area contributed by atoms with Crippen LogP contribution in [-0.2, 0) is 19.5 Å². The smallest absolute Gasteiger partial charge is 0.229 e. The van der Waals surface area contributed by atoms with E-state index in [9.17, 15) is 0 Å². The summed E-state index contributed by atoms with van der Waals surface area (Å²) in [5.41, 5.74) is 7.96. The molecule has 0 saturated carbocycles. The molecule has 0 aliphatic heterocycles. The first-order valence-corrected chi connectivity index (χ1v) is 8.33. The van der Waals surface area contributed by atoms with Gasteiger partial charge in [0.05, 0.1) is 6.54 Å². The Morgan fingerprint density at radius 1 is 1.04 bits per heavy atom. The fourth-order valence-electron chi connectivity index (χ4n) is 2.87. The average molecular weight is 340 g/mol. The summed E-state index contributed by atoms with van der Waals surface area (Å²) < 4.78 is 5.97. The van der Waals surface area contributed by atoms with E-state index in [2.05, 4.69) is 32.8 Å². The van der Waals surface area contributed by atoms with E-state index >= 15 is 0 Å². The predicted molar refractivity (Wildman–Crippen MR) is 99.3 cm³/mol. The van der Waals surface area contributed by atoms with E-state index in [1.807, 2.05) is 44.2 Å². The maximum absolute atomic E-state index is 5.97. The van der Waals surface area contributed by atoms with Gasteiger partial charge in [0.15, 0.2) is 0 Å². The van der Waals surface area contributed by atoms with Gasteiger partial charge in [0.25, 0.3) is 0 Å². The minimum Gasteiger partial charge on any atom is -0.461 e. The van der Waals surface area contributed by atoms with Gasteiger partial charge in [-0.25, -0.2) is 0 Å².